The molecule has 0 aliphatic carbocycles. The zero-order valence-electron chi connectivity index (χ0n) is 10.7. The summed E-state index contributed by atoms with van der Waals surface area (Å²) in [5, 5.41) is 0. The number of rotatable bonds is 6. The standard InChI is InChI=1S/C14H23NO/c1-4-8-16-14-10-11(2)13(6-5-7-15)9-12(14)3/h9-10H,4-8,15H2,1-3H3. The van der Waals surface area contributed by atoms with Gasteiger partial charge in [-0.1, -0.05) is 13.0 Å². The third-order valence-electron chi connectivity index (χ3n) is 2.75. The van der Waals surface area contributed by atoms with E-state index < -0.39 is 0 Å². The molecule has 1 rings (SSSR count). The van der Waals surface area contributed by atoms with E-state index in [9.17, 15) is 0 Å². The highest BCUT2D eigenvalue weighted by Crippen LogP contribution is 2.23. The van der Waals surface area contributed by atoms with Gasteiger partial charge in [0.05, 0.1) is 6.61 Å². The molecule has 0 unspecified atom stereocenters. The van der Waals surface area contributed by atoms with Crippen molar-refractivity contribution in [2.24, 2.45) is 5.73 Å². The van der Waals surface area contributed by atoms with Crippen molar-refractivity contribution in [1.82, 2.24) is 0 Å². The van der Waals surface area contributed by atoms with Crippen LogP contribution in [0.3, 0.4) is 0 Å². The topological polar surface area (TPSA) is 35.2 Å². The van der Waals surface area contributed by atoms with E-state index in [4.69, 9.17) is 10.5 Å². The van der Waals surface area contributed by atoms with Crippen LogP contribution in [0.5, 0.6) is 5.75 Å². The zero-order valence-corrected chi connectivity index (χ0v) is 10.7. The molecule has 0 aliphatic rings. The van der Waals surface area contributed by atoms with E-state index in [2.05, 4.69) is 32.9 Å². The van der Waals surface area contributed by atoms with Crippen molar-refractivity contribution in [3.63, 3.8) is 0 Å². The lowest BCUT2D eigenvalue weighted by molar-refractivity contribution is 0.315. The van der Waals surface area contributed by atoms with Gasteiger partial charge in [-0.05, 0) is 62.4 Å². The summed E-state index contributed by atoms with van der Waals surface area (Å²) in [4.78, 5) is 0. The molecule has 0 heterocycles. The lowest BCUT2D eigenvalue weighted by atomic mass is 10.0. The van der Waals surface area contributed by atoms with Gasteiger partial charge in [-0.25, -0.2) is 0 Å². The number of aryl methyl sites for hydroxylation is 3. The number of nitrogens with two attached hydrogens (primary N) is 1. The maximum atomic E-state index is 5.70. The summed E-state index contributed by atoms with van der Waals surface area (Å²) in [6, 6.07) is 4.38. The Hall–Kier alpha value is -1.02. The fourth-order valence-corrected chi connectivity index (χ4v) is 1.78. The van der Waals surface area contributed by atoms with E-state index in [0.29, 0.717) is 0 Å². The molecular weight excluding hydrogens is 198 g/mol. The molecule has 1 aromatic rings. The van der Waals surface area contributed by atoms with Crippen LogP contribution in [0.25, 0.3) is 0 Å². The van der Waals surface area contributed by atoms with E-state index >= 15 is 0 Å². The molecule has 2 N–H and O–H groups in total. The number of hydrogen-bond donors (Lipinski definition) is 1. The molecule has 0 radical (unpaired) electrons. The largest absolute Gasteiger partial charge is 0.493 e. The minimum atomic E-state index is 0.757. The lowest BCUT2D eigenvalue weighted by Gasteiger charge is -2.12. The smallest absolute Gasteiger partial charge is 0.122 e. The average Bonchev–Trinajstić information content (AvgIpc) is 2.28. The van der Waals surface area contributed by atoms with Crippen LogP contribution in [0.15, 0.2) is 12.1 Å². The normalized spacial score (nSPS) is 10.5. The van der Waals surface area contributed by atoms with E-state index in [1.165, 1.54) is 16.7 Å². The average molecular weight is 221 g/mol. The molecule has 0 bridgehead atoms. The Balaban J connectivity index is 2.79. The molecule has 2 nitrogen and oxygen atoms in total. The fourth-order valence-electron chi connectivity index (χ4n) is 1.78. The van der Waals surface area contributed by atoms with Gasteiger partial charge in [-0.2, -0.15) is 0 Å². The summed E-state index contributed by atoms with van der Waals surface area (Å²) in [6.07, 6.45) is 3.17. The molecule has 0 fully saturated rings. The monoisotopic (exact) mass is 221 g/mol. The third-order valence-corrected chi connectivity index (χ3v) is 2.75. The zero-order chi connectivity index (χ0) is 12.0. The van der Waals surface area contributed by atoms with E-state index in [1.54, 1.807) is 0 Å². The summed E-state index contributed by atoms with van der Waals surface area (Å²) in [7, 11) is 0. The van der Waals surface area contributed by atoms with Gasteiger partial charge in [0.2, 0.25) is 0 Å². The van der Waals surface area contributed by atoms with Gasteiger partial charge in [0.15, 0.2) is 0 Å². The van der Waals surface area contributed by atoms with Crippen molar-refractivity contribution in [1.29, 1.82) is 0 Å². The molecule has 2 heteroatoms. The van der Waals surface area contributed by atoms with Crippen molar-refractivity contribution in [3.8, 4) is 5.75 Å². The van der Waals surface area contributed by atoms with Crippen molar-refractivity contribution < 1.29 is 4.74 Å². The predicted octanol–water partition coefficient (Wildman–Crippen LogP) is 2.98. The van der Waals surface area contributed by atoms with Crippen LogP contribution < -0.4 is 10.5 Å². The van der Waals surface area contributed by atoms with Crippen molar-refractivity contribution in [3.05, 3.63) is 28.8 Å². The van der Waals surface area contributed by atoms with Crippen LogP contribution in [0.4, 0.5) is 0 Å². The molecule has 0 saturated heterocycles. The van der Waals surface area contributed by atoms with Gasteiger partial charge < -0.3 is 10.5 Å². The molecule has 1 aromatic carbocycles. The minimum absolute atomic E-state index is 0.757. The summed E-state index contributed by atoms with van der Waals surface area (Å²) < 4.78 is 5.70. The van der Waals surface area contributed by atoms with Gasteiger partial charge in [0.1, 0.15) is 5.75 Å². The molecule has 0 amide bonds. The first-order valence-electron chi connectivity index (χ1n) is 6.12. The van der Waals surface area contributed by atoms with Crippen molar-refractivity contribution in [2.75, 3.05) is 13.2 Å². The SMILES string of the molecule is CCCOc1cc(C)c(CCCN)cc1C. The molecule has 0 spiro atoms. The summed E-state index contributed by atoms with van der Waals surface area (Å²) in [5.41, 5.74) is 9.47. The van der Waals surface area contributed by atoms with Crippen LogP contribution in [-0.4, -0.2) is 13.2 Å². The quantitative estimate of drug-likeness (QED) is 0.801. The molecule has 0 atom stereocenters. The van der Waals surface area contributed by atoms with Crippen molar-refractivity contribution in [2.45, 2.75) is 40.0 Å². The molecule has 16 heavy (non-hydrogen) atoms. The minimum Gasteiger partial charge on any atom is -0.493 e. The van der Waals surface area contributed by atoms with Crippen LogP contribution in [-0.2, 0) is 6.42 Å². The van der Waals surface area contributed by atoms with Gasteiger partial charge in [-0.3, -0.25) is 0 Å². The lowest BCUT2D eigenvalue weighted by Crippen LogP contribution is -2.03. The number of hydrogen-bond acceptors (Lipinski definition) is 2. The number of benzene rings is 1. The first-order chi connectivity index (χ1) is 7.69. The highest BCUT2D eigenvalue weighted by atomic mass is 16.5. The highest BCUT2D eigenvalue weighted by Gasteiger charge is 2.05. The molecule has 0 aliphatic heterocycles. The maximum absolute atomic E-state index is 5.70. The van der Waals surface area contributed by atoms with Gasteiger partial charge >= 0.3 is 0 Å². The highest BCUT2D eigenvalue weighted by molar-refractivity contribution is 5.41. The Morgan fingerprint density at radius 1 is 1.19 bits per heavy atom. The Morgan fingerprint density at radius 3 is 2.56 bits per heavy atom. The molecule has 0 aromatic heterocycles. The van der Waals surface area contributed by atoms with Gasteiger partial charge in [0, 0.05) is 0 Å². The fraction of sp³-hybridized carbons (Fsp3) is 0.571. The van der Waals surface area contributed by atoms with E-state index in [0.717, 1.165) is 38.2 Å². The van der Waals surface area contributed by atoms with Gasteiger partial charge in [0.25, 0.3) is 0 Å². The Morgan fingerprint density at radius 2 is 1.94 bits per heavy atom. The summed E-state index contributed by atoms with van der Waals surface area (Å²) in [5.74, 6) is 1.02. The first-order valence-corrected chi connectivity index (χ1v) is 6.12. The number of ether oxygens (including phenoxy) is 1. The second-order valence-electron chi connectivity index (χ2n) is 4.28. The third kappa shape index (κ3) is 3.53. The van der Waals surface area contributed by atoms with Crippen LogP contribution in [0, 0.1) is 13.8 Å². The second-order valence-corrected chi connectivity index (χ2v) is 4.28. The summed E-state index contributed by atoms with van der Waals surface area (Å²) >= 11 is 0. The predicted molar refractivity (Wildman–Crippen MR) is 69.1 cm³/mol. The van der Waals surface area contributed by atoms with E-state index in [-0.39, 0.29) is 0 Å². The van der Waals surface area contributed by atoms with Crippen molar-refractivity contribution >= 4 is 0 Å². The van der Waals surface area contributed by atoms with Gasteiger partial charge in [-0.15, -0.1) is 0 Å². The van der Waals surface area contributed by atoms with Crippen LogP contribution in [0.2, 0.25) is 0 Å². The van der Waals surface area contributed by atoms with Crippen LogP contribution in [0.1, 0.15) is 36.5 Å². The summed E-state index contributed by atoms with van der Waals surface area (Å²) in [6.45, 7) is 7.92. The Labute approximate surface area is 98.8 Å². The second kappa shape index (κ2) is 6.54. The van der Waals surface area contributed by atoms with Crippen LogP contribution >= 0.6 is 0 Å². The maximum Gasteiger partial charge on any atom is 0.122 e. The first kappa shape index (κ1) is 13.0. The Kier molecular flexibility index (Phi) is 5.33. The molecule has 0 saturated carbocycles. The van der Waals surface area contributed by atoms with E-state index in [1.807, 2.05) is 0 Å². The molecular formula is C14H23NO. The Bertz CT molecular complexity index is 300. The molecule has 90 valence electrons.